The average molecular weight is 402 g/mol. The van der Waals surface area contributed by atoms with E-state index in [2.05, 4.69) is 15.4 Å². The first-order valence-electron chi connectivity index (χ1n) is 8.79. The molecule has 2 aliphatic rings. The number of amides is 1. The van der Waals surface area contributed by atoms with Crippen molar-refractivity contribution in [2.75, 3.05) is 19.6 Å². The van der Waals surface area contributed by atoms with Gasteiger partial charge in [0.15, 0.2) is 5.65 Å². The number of rotatable bonds is 2. The fourth-order valence-corrected chi connectivity index (χ4v) is 3.76. The average Bonchev–Trinajstić information content (AvgIpc) is 3.06. The lowest BCUT2D eigenvalue weighted by molar-refractivity contribution is -0.131. The van der Waals surface area contributed by atoms with Gasteiger partial charge in [0.25, 0.3) is 5.56 Å². The number of fused-ring (bicyclic) bond motifs is 2. The van der Waals surface area contributed by atoms with Crippen LogP contribution in [0.4, 0.5) is 0 Å². The fourth-order valence-electron chi connectivity index (χ4n) is 3.76. The van der Waals surface area contributed by atoms with Crippen LogP contribution < -0.4 is 10.9 Å². The number of carbonyl (C=O) groups excluding carboxylic acids is 1. The summed E-state index contributed by atoms with van der Waals surface area (Å²) in [6, 6.07) is 2.00. The lowest BCUT2D eigenvalue weighted by atomic mass is 9.96. The Morgan fingerprint density at radius 2 is 2.19 bits per heavy atom. The van der Waals surface area contributed by atoms with Gasteiger partial charge in [0.2, 0.25) is 5.91 Å². The van der Waals surface area contributed by atoms with Crippen LogP contribution in [0.3, 0.4) is 0 Å². The summed E-state index contributed by atoms with van der Waals surface area (Å²) in [5.74, 6) is 0.487. The van der Waals surface area contributed by atoms with Crippen LogP contribution in [0.1, 0.15) is 49.1 Å². The molecule has 1 unspecified atom stereocenters. The summed E-state index contributed by atoms with van der Waals surface area (Å²) in [5.41, 5.74) is 3.17. The maximum Gasteiger partial charge on any atom is 0.277 e. The summed E-state index contributed by atoms with van der Waals surface area (Å²) in [6.07, 6.45) is 3.38. The molecule has 1 saturated heterocycles. The van der Waals surface area contributed by atoms with E-state index in [-0.39, 0.29) is 36.3 Å². The highest BCUT2D eigenvalue weighted by molar-refractivity contribution is 5.85. The highest BCUT2D eigenvalue weighted by Gasteiger charge is 2.25. The maximum atomic E-state index is 12.9. The number of hydrogen-bond acceptors (Lipinski definition) is 4. The molecule has 0 aromatic carbocycles. The van der Waals surface area contributed by atoms with Crippen molar-refractivity contribution in [3.05, 3.63) is 33.4 Å². The summed E-state index contributed by atoms with van der Waals surface area (Å²) >= 11 is 0. The van der Waals surface area contributed by atoms with Crippen LogP contribution in [0.5, 0.6) is 0 Å². The number of nitrogens with one attached hydrogen (secondary N) is 2. The van der Waals surface area contributed by atoms with Crippen molar-refractivity contribution in [2.45, 2.75) is 45.1 Å². The van der Waals surface area contributed by atoms with Gasteiger partial charge in [0.1, 0.15) is 0 Å². The van der Waals surface area contributed by atoms with Gasteiger partial charge in [-0.15, -0.1) is 24.8 Å². The molecule has 0 saturated carbocycles. The van der Waals surface area contributed by atoms with E-state index >= 15 is 0 Å². The van der Waals surface area contributed by atoms with Crippen molar-refractivity contribution < 1.29 is 4.79 Å². The molecule has 4 heterocycles. The van der Waals surface area contributed by atoms with Crippen LogP contribution in [0.25, 0.3) is 5.65 Å². The normalized spacial score (nSPS) is 19.4. The zero-order chi connectivity index (χ0) is 16.7. The van der Waals surface area contributed by atoms with E-state index in [1.54, 1.807) is 9.42 Å². The fraction of sp³-hybridized carbons (Fsp3) is 0.588. The molecular weight excluding hydrogens is 377 g/mol. The minimum atomic E-state index is -0.0707. The zero-order valence-electron chi connectivity index (χ0n) is 14.8. The lowest BCUT2D eigenvalue weighted by Crippen LogP contribution is -2.40. The third-order valence-corrected chi connectivity index (χ3v) is 5.17. The monoisotopic (exact) mass is 401 g/mol. The summed E-state index contributed by atoms with van der Waals surface area (Å²) in [7, 11) is 0. The van der Waals surface area contributed by atoms with E-state index in [0.717, 1.165) is 37.3 Å². The number of hydrogen-bond donors (Lipinski definition) is 2. The van der Waals surface area contributed by atoms with Gasteiger partial charge in [0.05, 0.1) is 17.8 Å². The van der Waals surface area contributed by atoms with E-state index in [4.69, 9.17) is 0 Å². The third kappa shape index (κ3) is 3.61. The molecule has 2 aromatic heterocycles. The molecule has 1 amide bonds. The third-order valence-electron chi connectivity index (χ3n) is 5.17. The lowest BCUT2D eigenvalue weighted by Gasteiger charge is -2.27. The number of aromatic nitrogens is 3. The van der Waals surface area contributed by atoms with Gasteiger partial charge in [-0.3, -0.25) is 14.7 Å². The smallest absolute Gasteiger partial charge is 0.277 e. The van der Waals surface area contributed by atoms with Crippen LogP contribution in [0.15, 0.2) is 10.9 Å². The predicted octanol–water partition coefficient (Wildman–Crippen LogP) is 1.63. The Kier molecular flexibility index (Phi) is 6.71. The van der Waals surface area contributed by atoms with Gasteiger partial charge in [0, 0.05) is 43.6 Å². The zero-order valence-corrected chi connectivity index (χ0v) is 16.4. The molecule has 7 nitrogen and oxygen atoms in total. The molecule has 0 bridgehead atoms. The molecule has 2 N–H and O–H groups in total. The second-order valence-electron chi connectivity index (χ2n) is 6.71. The standard InChI is InChI=1S/C17H23N5O2.2ClH/c1-2-16(23)21-7-5-13-12(10-21)17(24)22-15(19-13)8-14(20-22)11-4-3-6-18-9-11;;/h8,11,18,20H,2-7,9-10H2,1H3;2*1H. The molecule has 1 fully saturated rings. The number of H-pyrrole nitrogens is 1. The van der Waals surface area contributed by atoms with Crippen molar-refractivity contribution in [1.29, 1.82) is 0 Å². The van der Waals surface area contributed by atoms with E-state index in [1.807, 2.05) is 13.0 Å². The molecule has 0 radical (unpaired) electrons. The topological polar surface area (TPSA) is 82.5 Å². The highest BCUT2D eigenvalue weighted by Crippen LogP contribution is 2.23. The predicted molar refractivity (Wildman–Crippen MR) is 105 cm³/mol. The number of nitrogens with zero attached hydrogens (tertiary/aromatic N) is 3. The number of piperidine rings is 1. The van der Waals surface area contributed by atoms with Gasteiger partial charge in [-0.1, -0.05) is 6.92 Å². The van der Waals surface area contributed by atoms with Gasteiger partial charge in [-0.05, 0) is 19.4 Å². The van der Waals surface area contributed by atoms with Crippen LogP contribution in [-0.2, 0) is 17.8 Å². The first-order valence-corrected chi connectivity index (χ1v) is 8.79. The first-order chi connectivity index (χ1) is 11.7. The molecule has 1 atom stereocenters. The van der Waals surface area contributed by atoms with Crippen LogP contribution in [0.2, 0.25) is 0 Å². The van der Waals surface area contributed by atoms with Crippen molar-refractivity contribution in [3.63, 3.8) is 0 Å². The molecule has 0 aliphatic carbocycles. The summed E-state index contributed by atoms with van der Waals surface area (Å²) < 4.78 is 1.54. The number of halogens is 2. The van der Waals surface area contributed by atoms with Crippen molar-refractivity contribution in [1.82, 2.24) is 24.8 Å². The van der Waals surface area contributed by atoms with Crippen LogP contribution >= 0.6 is 24.8 Å². The SMILES string of the molecule is CCC(=O)N1CCc2nc3cc(C4CCCNC4)[nH]n3c(=O)c2C1.Cl.Cl. The minimum Gasteiger partial charge on any atom is -0.338 e. The molecule has 4 rings (SSSR count). The Morgan fingerprint density at radius 3 is 2.88 bits per heavy atom. The molecule has 26 heavy (non-hydrogen) atoms. The summed E-state index contributed by atoms with van der Waals surface area (Å²) in [4.78, 5) is 31.2. The van der Waals surface area contributed by atoms with E-state index in [0.29, 0.717) is 43.1 Å². The Hall–Kier alpha value is -1.57. The first kappa shape index (κ1) is 20.7. The van der Waals surface area contributed by atoms with Gasteiger partial charge < -0.3 is 10.2 Å². The number of carbonyl (C=O) groups is 1. The van der Waals surface area contributed by atoms with Gasteiger partial charge in [-0.2, -0.15) is 0 Å². The van der Waals surface area contributed by atoms with E-state index < -0.39 is 0 Å². The maximum absolute atomic E-state index is 12.9. The van der Waals surface area contributed by atoms with Gasteiger partial charge >= 0.3 is 0 Å². The largest absolute Gasteiger partial charge is 0.338 e. The summed E-state index contributed by atoms with van der Waals surface area (Å²) in [5, 5.41) is 6.64. The quantitative estimate of drug-likeness (QED) is 0.800. The Labute approximate surface area is 164 Å². The number of aromatic amines is 1. The molecule has 2 aromatic rings. The van der Waals surface area contributed by atoms with Crippen molar-refractivity contribution in [3.8, 4) is 0 Å². The van der Waals surface area contributed by atoms with Crippen LogP contribution in [-0.4, -0.2) is 45.0 Å². The second-order valence-corrected chi connectivity index (χ2v) is 6.71. The van der Waals surface area contributed by atoms with Crippen LogP contribution in [0, 0.1) is 0 Å². The highest BCUT2D eigenvalue weighted by atomic mass is 35.5. The molecule has 2 aliphatic heterocycles. The van der Waals surface area contributed by atoms with Crippen molar-refractivity contribution in [2.24, 2.45) is 0 Å². The van der Waals surface area contributed by atoms with Crippen molar-refractivity contribution >= 4 is 36.4 Å². The minimum absolute atomic E-state index is 0. The molecule has 9 heteroatoms. The molecular formula is C17H25Cl2N5O2. The Balaban J connectivity index is 0.00000121. The second kappa shape index (κ2) is 8.41. The summed E-state index contributed by atoms with van der Waals surface area (Å²) in [6.45, 7) is 4.86. The van der Waals surface area contributed by atoms with E-state index in [9.17, 15) is 9.59 Å². The molecule has 0 spiro atoms. The Morgan fingerprint density at radius 1 is 1.38 bits per heavy atom. The van der Waals surface area contributed by atoms with E-state index in [1.165, 1.54) is 0 Å². The Bertz CT molecular complexity index is 842. The van der Waals surface area contributed by atoms with Gasteiger partial charge in [-0.25, -0.2) is 9.50 Å². The molecule has 144 valence electrons.